The number of ether oxygens (including phenoxy) is 2. The van der Waals surface area contributed by atoms with Crippen LogP contribution in [0.2, 0.25) is 0 Å². The molecule has 0 aliphatic heterocycles. The predicted molar refractivity (Wildman–Crippen MR) is 60.8 cm³/mol. The number of carbonyl (C=O) groups excluding carboxylic acids is 2. The molecule has 0 aliphatic rings. The fourth-order valence-electron chi connectivity index (χ4n) is 0.987. The molecular weight excluding hydrogens is 208 g/mol. The Balaban J connectivity index is 4.31. The van der Waals surface area contributed by atoms with Crippen molar-refractivity contribution in [3.05, 3.63) is 11.6 Å². The van der Waals surface area contributed by atoms with E-state index < -0.39 is 5.97 Å². The summed E-state index contributed by atoms with van der Waals surface area (Å²) in [6.45, 7) is 7.44. The molecule has 0 saturated carbocycles. The van der Waals surface area contributed by atoms with Gasteiger partial charge in [-0.25, -0.2) is 4.79 Å². The quantitative estimate of drug-likeness (QED) is 0.516. The third kappa shape index (κ3) is 5.53. The van der Waals surface area contributed by atoms with E-state index in [0.29, 0.717) is 18.6 Å². The minimum atomic E-state index is -0.416. The second kappa shape index (κ2) is 7.91. The van der Waals surface area contributed by atoms with Gasteiger partial charge >= 0.3 is 11.9 Å². The van der Waals surface area contributed by atoms with Gasteiger partial charge in [-0.1, -0.05) is 26.8 Å². The van der Waals surface area contributed by atoms with Crippen LogP contribution in [-0.2, 0) is 19.1 Å². The first kappa shape index (κ1) is 14.7. The van der Waals surface area contributed by atoms with Crippen molar-refractivity contribution in [1.29, 1.82) is 0 Å². The zero-order valence-electron chi connectivity index (χ0n) is 10.4. The lowest BCUT2D eigenvalue weighted by molar-refractivity contribution is -0.147. The van der Waals surface area contributed by atoms with Gasteiger partial charge in [-0.15, -0.1) is 0 Å². The largest absolute Gasteiger partial charge is 0.463 e. The molecule has 4 nitrogen and oxygen atoms in total. The van der Waals surface area contributed by atoms with E-state index >= 15 is 0 Å². The Morgan fingerprint density at radius 1 is 1.19 bits per heavy atom. The van der Waals surface area contributed by atoms with E-state index in [1.54, 1.807) is 26.8 Å². The molecule has 0 atom stereocenters. The van der Waals surface area contributed by atoms with Gasteiger partial charge in [0.15, 0.2) is 0 Å². The molecule has 0 spiro atoms. The highest BCUT2D eigenvalue weighted by atomic mass is 16.5. The van der Waals surface area contributed by atoms with Gasteiger partial charge in [0.05, 0.1) is 18.1 Å². The molecule has 4 heteroatoms. The van der Waals surface area contributed by atoms with Crippen LogP contribution >= 0.6 is 0 Å². The second-order valence-corrected chi connectivity index (χ2v) is 3.62. The van der Waals surface area contributed by atoms with Gasteiger partial charge in [-0.3, -0.25) is 4.79 Å². The molecule has 0 aromatic carbocycles. The van der Waals surface area contributed by atoms with Gasteiger partial charge in [0.2, 0.25) is 0 Å². The Morgan fingerprint density at radius 3 is 2.25 bits per heavy atom. The van der Waals surface area contributed by atoms with Crippen LogP contribution in [0.3, 0.4) is 0 Å². The van der Waals surface area contributed by atoms with Crippen molar-refractivity contribution < 1.29 is 19.1 Å². The van der Waals surface area contributed by atoms with Crippen LogP contribution in [0.4, 0.5) is 0 Å². The van der Waals surface area contributed by atoms with Crippen LogP contribution < -0.4 is 0 Å². The van der Waals surface area contributed by atoms with Crippen LogP contribution in [0.1, 0.15) is 34.1 Å². The molecule has 0 N–H and O–H groups in total. The minimum Gasteiger partial charge on any atom is -0.463 e. The summed E-state index contributed by atoms with van der Waals surface area (Å²) in [5.41, 5.74) is 0.401. The Morgan fingerprint density at radius 2 is 1.81 bits per heavy atom. The SMILES string of the molecule is CCC=C(COC(=O)C(C)C)C(=O)OCC. The number of rotatable bonds is 6. The Kier molecular flexibility index (Phi) is 7.25. The summed E-state index contributed by atoms with van der Waals surface area (Å²) in [7, 11) is 0. The van der Waals surface area contributed by atoms with E-state index in [1.807, 2.05) is 6.92 Å². The Labute approximate surface area is 96.6 Å². The molecule has 0 saturated heterocycles. The first-order chi connectivity index (χ1) is 7.52. The fourth-order valence-corrected chi connectivity index (χ4v) is 0.987. The summed E-state index contributed by atoms with van der Waals surface area (Å²) >= 11 is 0. The normalized spacial score (nSPS) is 11.4. The lowest BCUT2D eigenvalue weighted by Crippen LogP contribution is -2.18. The van der Waals surface area contributed by atoms with Crippen molar-refractivity contribution in [3.63, 3.8) is 0 Å². The van der Waals surface area contributed by atoms with Crippen molar-refractivity contribution in [2.24, 2.45) is 5.92 Å². The monoisotopic (exact) mass is 228 g/mol. The van der Waals surface area contributed by atoms with Gasteiger partial charge in [0.25, 0.3) is 0 Å². The van der Waals surface area contributed by atoms with Crippen LogP contribution in [-0.4, -0.2) is 25.2 Å². The summed E-state index contributed by atoms with van der Waals surface area (Å²) in [4.78, 5) is 22.7. The summed E-state index contributed by atoms with van der Waals surface area (Å²) in [6.07, 6.45) is 2.42. The van der Waals surface area contributed by atoms with Crippen LogP contribution in [0.5, 0.6) is 0 Å². The maximum atomic E-state index is 11.4. The standard InChI is InChI=1S/C12H20O4/c1-5-7-10(12(14)15-6-2)8-16-11(13)9(3)4/h7,9H,5-6,8H2,1-4H3. The highest BCUT2D eigenvalue weighted by Crippen LogP contribution is 2.04. The molecule has 0 unspecified atom stereocenters. The lowest BCUT2D eigenvalue weighted by Gasteiger charge is -2.09. The van der Waals surface area contributed by atoms with E-state index in [4.69, 9.17) is 9.47 Å². The molecule has 0 bridgehead atoms. The molecule has 0 rings (SSSR count). The molecule has 16 heavy (non-hydrogen) atoms. The molecule has 0 aliphatic carbocycles. The number of hydrogen-bond donors (Lipinski definition) is 0. The predicted octanol–water partition coefficient (Wildman–Crippen LogP) is 2.09. The van der Waals surface area contributed by atoms with Crippen molar-refractivity contribution in [2.75, 3.05) is 13.2 Å². The molecule has 0 aromatic heterocycles. The van der Waals surface area contributed by atoms with Crippen molar-refractivity contribution in [1.82, 2.24) is 0 Å². The average molecular weight is 228 g/mol. The lowest BCUT2D eigenvalue weighted by atomic mass is 10.2. The molecule has 0 aromatic rings. The maximum Gasteiger partial charge on any atom is 0.337 e. The summed E-state index contributed by atoms with van der Waals surface area (Å²) in [5, 5.41) is 0. The van der Waals surface area contributed by atoms with Crippen LogP contribution in [0.15, 0.2) is 11.6 Å². The van der Waals surface area contributed by atoms with E-state index in [-0.39, 0.29) is 18.5 Å². The van der Waals surface area contributed by atoms with Crippen molar-refractivity contribution in [2.45, 2.75) is 34.1 Å². The third-order valence-corrected chi connectivity index (χ3v) is 1.83. The zero-order chi connectivity index (χ0) is 12.6. The smallest absolute Gasteiger partial charge is 0.337 e. The average Bonchev–Trinajstić information content (AvgIpc) is 2.23. The second-order valence-electron chi connectivity index (χ2n) is 3.62. The third-order valence-electron chi connectivity index (χ3n) is 1.83. The van der Waals surface area contributed by atoms with E-state index in [9.17, 15) is 9.59 Å². The van der Waals surface area contributed by atoms with Gasteiger partial charge in [-0.2, -0.15) is 0 Å². The zero-order valence-corrected chi connectivity index (χ0v) is 10.4. The highest BCUT2D eigenvalue weighted by Gasteiger charge is 2.14. The van der Waals surface area contributed by atoms with Crippen LogP contribution in [0.25, 0.3) is 0 Å². The fraction of sp³-hybridized carbons (Fsp3) is 0.667. The number of esters is 2. The highest BCUT2D eigenvalue weighted by molar-refractivity contribution is 5.89. The summed E-state index contributed by atoms with van der Waals surface area (Å²) in [6, 6.07) is 0. The molecule has 92 valence electrons. The Bertz CT molecular complexity index is 266. The molecule has 0 heterocycles. The molecular formula is C12H20O4. The van der Waals surface area contributed by atoms with E-state index in [0.717, 1.165) is 0 Å². The topological polar surface area (TPSA) is 52.6 Å². The first-order valence-electron chi connectivity index (χ1n) is 5.55. The van der Waals surface area contributed by atoms with Gasteiger partial charge < -0.3 is 9.47 Å². The van der Waals surface area contributed by atoms with Gasteiger partial charge in [0.1, 0.15) is 6.61 Å². The van der Waals surface area contributed by atoms with Crippen LogP contribution in [0, 0.1) is 5.92 Å². The number of hydrogen-bond acceptors (Lipinski definition) is 4. The summed E-state index contributed by atoms with van der Waals surface area (Å²) < 4.78 is 9.83. The first-order valence-corrected chi connectivity index (χ1v) is 5.55. The number of allylic oxidation sites excluding steroid dienone is 1. The number of carbonyl (C=O) groups is 2. The van der Waals surface area contributed by atoms with E-state index in [1.165, 1.54) is 0 Å². The molecule has 0 amide bonds. The summed E-state index contributed by atoms with van der Waals surface area (Å²) in [5.74, 6) is -0.919. The van der Waals surface area contributed by atoms with Gasteiger partial charge in [-0.05, 0) is 13.3 Å². The van der Waals surface area contributed by atoms with E-state index in [2.05, 4.69) is 0 Å². The van der Waals surface area contributed by atoms with Gasteiger partial charge in [0, 0.05) is 0 Å². The molecule has 0 radical (unpaired) electrons. The van der Waals surface area contributed by atoms with Crippen molar-refractivity contribution >= 4 is 11.9 Å². The Hall–Kier alpha value is -1.32. The van der Waals surface area contributed by atoms with Crippen molar-refractivity contribution in [3.8, 4) is 0 Å². The molecule has 0 fully saturated rings. The maximum absolute atomic E-state index is 11.4. The minimum absolute atomic E-state index is 0.0102.